The fourth-order valence-electron chi connectivity index (χ4n) is 1.13. The first-order valence-electron chi connectivity index (χ1n) is 3.59. The van der Waals surface area contributed by atoms with Crippen LogP contribution in [-0.2, 0) is 0 Å². The van der Waals surface area contributed by atoms with Crippen LogP contribution in [0.5, 0.6) is 0 Å². The number of benzene rings is 1. The van der Waals surface area contributed by atoms with E-state index in [0.29, 0.717) is 5.82 Å². The normalized spacial score (nSPS) is 9.31. The van der Waals surface area contributed by atoms with Gasteiger partial charge in [-0.15, -0.1) is 5.10 Å². The van der Waals surface area contributed by atoms with E-state index >= 15 is 0 Å². The molecule has 68 valence electrons. The molecule has 1 aromatic heterocycles. The van der Waals surface area contributed by atoms with Crippen molar-refractivity contribution in [2.45, 2.75) is 0 Å². The lowest BCUT2D eigenvalue weighted by molar-refractivity contribution is 0.824. The fraction of sp³-hybridized carbons (Fsp3) is 0. The van der Waals surface area contributed by atoms with Gasteiger partial charge in [0.1, 0.15) is 0 Å². The van der Waals surface area contributed by atoms with Gasteiger partial charge in [0.05, 0.1) is 6.20 Å². The molecule has 1 aromatic carbocycles. The Bertz CT molecular complexity index is 399. The van der Waals surface area contributed by atoms with Gasteiger partial charge < -0.3 is 10.9 Å². The number of aromatic nitrogens is 2. The molecule has 5 N–H and O–H groups in total. The number of nitrogen functional groups attached to an aromatic ring is 1. The molecule has 0 aliphatic rings. The van der Waals surface area contributed by atoms with Crippen LogP contribution < -0.4 is 11.3 Å². The van der Waals surface area contributed by atoms with Crippen LogP contribution in [-0.4, -0.2) is 15.7 Å². The summed E-state index contributed by atoms with van der Waals surface area (Å²) in [5, 5.41) is 9.64. The van der Waals surface area contributed by atoms with Crippen molar-refractivity contribution >= 4 is 16.6 Å². The molecule has 0 radical (unpaired) electrons. The van der Waals surface area contributed by atoms with Crippen LogP contribution in [0.3, 0.4) is 0 Å². The van der Waals surface area contributed by atoms with Gasteiger partial charge in [-0.1, -0.05) is 24.3 Å². The van der Waals surface area contributed by atoms with Gasteiger partial charge in [0, 0.05) is 10.8 Å². The highest BCUT2D eigenvalue weighted by Gasteiger charge is 1.98. The molecule has 5 nitrogen and oxygen atoms in total. The van der Waals surface area contributed by atoms with Crippen molar-refractivity contribution < 1.29 is 5.48 Å². The van der Waals surface area contributed by atoms with Gasteiger partial charge in [-0.3, -0.25) is 0 Å². The molecule has 0 unspecified atom stereocenters. The molecule has 0 fully saturated rings. The summed E-state index contributed by atoms with van der Waals surface area (Å²) < 4.78 is 0. The standard InChI is InChI=1S/C8H8N4.H2O/c9-11-8-7-4-2-1-3-6(7)5-10-12-8;/h1-5H,9H2,(H,11,12);1H2. The Morgan fingerprint density at radius 2 is 2.00 bits per heavy atom. The lowest BCUT2D eigenvalue weighted by Gasteiger charge is -2.01. The summed E-state index contributed by atoms with van der Waals surface area (Å²) in [7, 11) is 0. The first kappa shape index (κ1) is 9.37. The average molecular weight is 178 g/mol. The maximum atomic E-state index is 5.26. The Hall–Kier alpha value is -1.72. The number of nitrogens with one attached hydrogen (secondary N) is 1. The van der Waals surface area contributed by atoms with Crippen LogP contribution in [0, 0.1) is 0 Å². The Balaban J connectivity index is 0.000000845. The molecule has 0 aliphatic carbocycles. The van der Waals surface area contributed by atoms with E-state index in [1.54, 1.807) is 6.20 Å². The monoisotopic (exact) mass is 178 g/mol. The van der Waals surface area contributed by atoms with Crippen LogP contribution in [0.2, 0.25) is 0 Å². The zero-order valence-electron chi connectivity index (χ0n) is 6.86. The van der Waals surface area contributed by atoms with Crippen LogP contribution >= 0.6 is 0 Å². The molecule has 2 aromatic rings. The van der Waals surface area contributed by atoms with E-state index in [0.717, 1.165) is 10.8 Å². The van der Waals surface area contributed by atoms with Gasteiger partial charge in [-0.25, -0.2) is 5.84 Å². The highest BCUT2D eigenvalue weighted by Crippen LogP contribution is 2.17. The molecule has 0 atom stereocenters. The van der Waals surface area contributed by atoms with Crippen LogP contribution in [0.15, 0.2) is 30.5 Å². The molecule has 2 rings (SSSR count). The van der Waals surface area contributed by atoms with Gasteiger partial charge in [0.25, 0.3) is 0 Å². The second-order valence-electron chi connectivity index (χ2n) is 2.42. The summed E-state index contributed by atoms with van der Waals surface area (Å²) in [6.07, 6.45) is 1.70. The number of nitrogens with two attached hydrogens (primary N) is 1. The molecule has 1 heterocycles. The summed E-state index contributed by atoms with van der Waals surface area (Å²) >= 11 is 0. The molecule has 0 amide bonds. The zero-order valence-corrected chi connectivity index (χ0v) is 6.86. The second kappa shape index (κ2) is 3.79. The average Bonchev–Trinajstić information content (AvgIpc) is 2.17. The van der Waals surface area contributed by atoms with Crippen molar-refractivity contribution in [1.82, 2.24) is 10.2 Å². The van der Waals surface area contributed by atoms with E-state index in [1.165, 1.54) is 0 Å². The third kappa shape index (κ3) is 1.56. The molecule has 0 spiro atoms. The first-order valence-corrected chi connectivity index (χ1v) is 3.59. The van der Waals surface area contributed by atoms with E-state index in [9.17, 15) is 0 Å². The number of hydrogen-bond donors (Lipinski definition) is 2. The minimum absolute atomic E-state index is 0. The van der Waals surface area contributed by atoms with E-state index in [1.807, 2.05) is 24.3 Å². The van der Waals surface area contributed by atoms with Crippen molar-refractivity contribution in [2.24, 2.45) is 5.84 Å². The van der Waals surface area contributed by atoms with Crippen molar-refractivity contribution in [3.05, 3.63) is 30.5 Å². The lowest BCUT2D eigenvalue weighted by Crippen LogP contribution is -2.09. The minimum Gasteiger partial charge on any atom is -0.412 e. The van der Waals surface area contributed by atoms with E-state index in [4.69, 9.17) is 5.84 Å². The van der Waals surface area contributed by atoms with Crippen LogP contribution in [0.1, 0.15) is 0 Å². The highest BCUT2D eigenvalue weighted by molar-refractivity contribution is 5.90. The minimum atomic E-state index is 0. The van der Waals surface area contributed by atoms with Crippen molar-refractivity contribution in [3.8, 4) is 0 Å². The smallest absolute Gasteiger partial charge is 0.170 e. The lowest BCUT2D eigenvalue weighted by atomic mass is 10.2. The van der Waals surface area contributed by atoms with E-state index in [2.05, 4.69) is 15.6 Å². The van der Waals surface area contributed by atoms with Gasteiger partial charge in [-0.05, 0) is 0 Å². The first-order chi connectivity index (χ1) is 5.92. The van der Waals surface area contributed by atoms with E-state index in [-0.39, 0.29) is 5.48 Å². The van der Waals surface area contributed by atoms with Crippen LogP contribution in [0.25, 0.3) is 10.8 Å². The summed E-state index contributed by atoms with van der Waals surface area (Å²) in [5.41, 5.74) is 2.50. The van der Waals surface area contributed by atoms with Crippen molar-refractivity contribution in [2.75, 3.05) is 5.43 Å². The number of nitrogens with zero attached hydrogens (tertiary/aromatic N) is 2. The van der Waals surface area contributed by atoms with Crippen molar-refractivity contribution in [1.29, 1.82) is 0 Å². The summed E-state index contributed by atoms with van der Waals surface area (Å²) in [4.78, 5) is 0. The van der Waals surface area contributed by atoms with Gasteiger partial charge in [-0.2, -0.15) is 5.10 Å². The number of rotatable bonds is 1. The second-order valence-corrected chi connectivity index (χ2v) is 2.42. The van der Waals surface area contributed by atoms with Gasteiger partial charge >= 0.3 is 0 Å². The number of anilines is 1. The summed E-state index contributed by atoms with van der Waals surface area (Å²) in [6.45, 7) is 0. The number of fused-ring (bicyclic) bond motifs is 1. The summed E-state index contributed by atoms with van der Waals surface area (Å²) in [6, 6.07) is 7.79. The molecule has 0 saturated heterocycles. The molecule has 0 bridgehead atoms. The Kier molecular flexibility index (Phi) is 2.73. The Morgan fingerprint density at radius 1 is 1.23 bits per heavy atom. The SMILES string of the molecule is NNc1nncc2ccccc12.O. The maximum absolute atomic E-state index is 5.26. The molecule has 13 heavy (non-hydrogen) atoms. The summed E-state index contributed by atoms with van der Waals surface area (Å²) in [5.74, 6) is 5.87. The fourth-order valence-corrected chi connectivity index (χ4v) is 1.13. The number of hydrazine groups is 1. The molecule has 0 aliphatic heterocycles. The van der Waals surface area contributed by atoms with E-state index < -0.39 is 0 Å². The largest absolute Gasteiger partial charge is 0.412 e. The highest BCUT2D eigenvalue weighted by atomic mass is 16.0. The molecular weight excluding hydrogens is 168 g/mol. The Labute approximate surface area is 74.9 Å². The molecular formula is C8H10N4O. The van der Waals surface area contributed by atoms with Crippen molar-refractivity contribution in [3.63, 3.8) is 0 Å². The Morgan fingerprint density at radius 3 is 2.77 bits per heavy atom. The third-order valence-corrected chi connectivity index (χ3v) is 1.71. The number of hydrogen-bond acceptors (Lipinski definition) is 4. The van der Waals surface area contributed by atoms with Gasteiger partial charge in [0.2, 0.25) is 0 Å². The maximum Gasteiger partial charge on any atom is 0.170 e. The van der Waals surface area contributed by atoms with Gasteiger partial charge in [0.15, 0.2) is 5.82 Å². The van der Waals surface area contributed by atoms with Crippen LogP contribution in [0.4, 0.5) is 5.82 Å². The predicted molar refractivity (Wildman–Crippen MR) is 51.0 cm³/mol. The third-order valence-electron chi connectivity index (χ3n) is 1.71. The quantitative estimate of drug-likeness (QED) is 0.478. The molecule has 0 saturated carbocycles. The predicted octanol–water partition coefficient (Wildman–Crippen LogP) is 0.0907. The molecule has 5 heteroatoms. The topological polar surface area (TPSA) is 95.3 Å². The zero-order chi connectivity index (χ0) is 8.39.